The third kappa shape index (κ3) is 3.25. The van der Waals surface area contributed by atoms with Gasteiger partial charge in [-0.1, -0.05) is 41.9 Å². The molecule has 0 aliphatic heterocycles. The minimum absolute atomic E-state index is 0.0844. The van der Waals surface area contributed by atoms with Gasteiger partial charge in [-0.3, -0.25) is 0 Å². The summed E-state index contributed by atoms with van der Waals surface area (Å²) in [7, 11) is 0. The van der Waals surface area contributed by atoms with Crippen molar-refractivity contribution < 1.29 is 5.11 Å². The molecule has 2 aromatic rings. The molecular weight excluding hydrogens is 246 g/mol. The van der Waals surface area contributed by atoms with Crippen LogP contribution in [0, 0.1) is 6.92 Å². The number of aryl methyl sites for hydroxylation is 1. The van der Waals surface area contributed by atoms with Crippen molar-refractivity contribution in [1.82, 2.24) is 0 Å². The van der Waals surface area contributed by atoms with Gasteiger partial charge in [0, 0.05) is 17.3 Å². The number of hydrogen-bond donors (Lipinski definition) is 2. The summed E-state index contributed by atoms with van der Waals surface area (Å²) in [4.78, 5) is 0. The fourth-order valence-corrected chi connectivity index (χ4v) is 1.92. The van der Waals surface area contributed by atoms with Gasteiger partial charge in [-0.2, -0.15) is 0 Å². The van der Waals surface area contributed by atoms with Crippen LogP contribution in [0.25, 0.3) is 0 Å². The molecule has 94 valence electrons. The molecule has 2 nitrogen and oxygen atoms in total. The first-order valence-corrected chi connectivity index (χ1v) is 6.25. The Kier molecular flexibility index (Phi) is 4.24. The lowest BCUT2D eigenvalue weighted by molar-refractivity contribution is 0.282. The quantitative estimate of drug-likeness (QED) is 0.879. The van der Waals surface area contributed by atoms with Crippen molar-refractivity contribution in [3.63, 3.8) is 0 Å². The van der Waals surface area contributed by atoms with Gasteiger partial charge in [-0.15, -0.1) is 0 Å². The summed E-state index contributed by atoms with van der Waals surface area (Å²) in [6.45, 7) is 2.88. The second-order valence-electron chi connectivity index (χ2n) is 4.29. The number of anilines is 1. The zero-order valence-electron chi connectivity index (χ0n) is 10.3. The molecule has 2 aromatic carbocycles. The maximum atomic E-state index is 8.97. The highest BCUT2D eigenvalue weighted by Crippen LogP contribution is 2.20. The average molecular weight is 262 g/mol. The van der Waals surface area contributed by atoms with Crippen LogP contribution in [0.15, 0.2) is 42.5 Å². The second kappa shape index (κ2) is 5.89. The summed E-state index contributed by atoms with van der Waals surface area (Å²) >= 11 is 5.97. The molecule has 0 amide bonds. The molecule has 0 spiro atoms. The summed E-state index contributed by atoms with van der Waals surface area (Å²) < 4.78 is 0. The Morgan fingerprint density at radius 1 is 1.06 bits per heavy atom. The number of hydrogen-bond acceptors (Lipinski definition) is 2. The molecule has 3 heteroatoms. The van der Waals surface area contributed by atoms with Crippen LogP contribution < -0.4 is 5.32 Å². The van der Waals surface area contributed by atoms with Gasteiger partial charge in [0.1, 0.15) is 0 Å². The van der Waals surface area contributed by atoms with E-state index in [1.54, 1.807) is 0 Å². The van der Waals surface area contributed by atoms with Crippen LogP contribution in [0.3, 0.4) is 0 Å². The van der Waals surface area contributed by atoms with Crippen LogP contribution in [0.1, 0.15) is 16.7 Å². The molecule has 2 rings (SSSR count). The van der Waals surface area contributed by atoms with E-state index >= 15 is 0 Å². The van der Waals surface area contributed by atoms with Crippen molar-refractivity contribution in [3.8, 4) is 0 Å². The highest BCUT2D eigenvalue weighted by atomic mass is 35.5. The summed E-state index contributed by atoms with van der Waals surface area (Å²) in [5.74, 6) is 0. The van der Waals surface area contributed by atoms with E-state index in [0.29, 0.717) is 0 Å². The Morgan fingerprint density at radius 2 is 1.72 bits per heavy atom. The predicted octanol–water partition coefficient (Wildman–Crippen LogP) is 3.75. The van der Waals surface area contributed by atoms with Crippen molar-refractivity contribution in [2.45, 2.75) is 20.1 Å². The Morgan fingerprint density at radius 3 is 2.39 bits per heavy atom. The minimum atomic E-state index is 0.0844. The highest BCUT2D eigenvalue weighted by Gasteiger charge is 1.99. The van der Waals surface area contributed by atoms with Crippen molar-refractivity contribution in [3.05, 3.63) is 64.2 Å². The lowest BCUT2D eigenvalue weighted by Gasteiger charge is -2.10. The average Bonchev–Trinajstić information content (AvgIpc) is 2.40. The molecule has 0 aliphatic carbocycles. The number of aliphatic hydroxyl groups is 1. The summed E-state index contributed by atoms with van der Waals surface area (Å²) in [6.07, 6.45) is 0. The van der Waals surface area contributed by atoms with E-state index in [1.807, 2.05) is 49.4 Å². The van der Waals surface area contributed by atoms with Crippen molar-refractivity contribution in [2.24, 2.45) is 0 Å². The topological polar surface area (TPSA) is 32.3 Å². The Hall–Kier alpha value is -1.51. The van der Waals surface area contributed by atoms with E-state index in [4.69, 9.17) is 16.7 Å². The van der Waals surface area contributed by atoms with Gasteiger partial charge >= 0.3 is 0 Å². The van der Waals surface area contributed by atoms with Crippen LogP contribution in [-0.2, 0) is 13.2 Å². The van der Waals surface area contributed by atoms with E-state index < -0.39 is 0 Å². The van der Waals surface area contributed by atoms with E-state index in [0.717, 1.165) is 22.8 Å². The fraction of sp³-hybridized carbons (Fsp3) is 0.200. The largest absolute Gasteiger partial charge is 0.392 e. The molecule has 0 radical (unpaired) electrons. The third-order valence-electron chi connectivity index (χ3n) is 2.89. The highest BCUT2D eigenvalue weighted by molar-refractivity contribution is 6.30. The number of nitrogens with one attached hydrogen (secondary N) is 1. The van der Waals surface area contributed by atoms with E-state index in [9.17, 15) is 0 Å². The number of rotatable bonds is 4. The summed E-state index contributed by atoms with van der Waals surface area (Å²) in [5, 5.41) is 13.1. The van der Waals surface area contributed by atoms with E-state index in [1.165, 1.54) is 11.1 Å². The van der Waals surface area contributed by atoms with Crippen molar-refractivity contribution in [2.75, 3.05) is 5.32 Å². The molecule has 0 bridgehead atoms. The Balaban J connectivity index is 2.04. The van der Waals surface area contributed by atoms with Gasteiger partial charge in [-0.25, -0.2) is 0 Å². The van der Waals surface area contributed by atoms with Crippen LogP contribution >= 0.6 is 11.6 Å². The van der Waals surface area contributed by atoms with E-state index in [2.05, 4.69) is 5.32 Å². The van der Waals surface area contributed by atoms with Crippen LogP contribution in [0.2, 0.25) is 5.02 Å². The Bertz CT molecular complexity index is 523. The molecule has 2 N–H and O–H groups in total. The molecule has 0 fully saturated rings. The molecule has 0 unspecified atom stereocenters. The first-order chi connectivity index (χ1) is 8.69. The molecule has 0 saturated heterocycles. The lowest BCUT2D eigenvalue weighted by Crippen LogP contribution is -2.01. The van der Waals surface area contributed by atoms with Gasteiger partial charge in [0.15, 0.2) is 0 Å². The number of aliphatic hydroxyl groups excluding tert-OH is 1. The number of halogens is 1. The fourth-order valence-electron chi connectivity index (χ4n) is 1.74. The van der Waals surface area contributed by atoms with Crippen LogP contribution in [0.5, 0.6) is 0 Å². The third-order valence-corrected chi connectivity index (χ3v) is 3.12. The second-order valence-corrected chi connectivity index (χ2v) is 4.72. The summed E-state index contributed by atoms with van der Waals surface area (Å²) in [5.41, 5.74) is 4.32. The zero-order valence-corrected chi connectivity index (χ0v) is 11.0. The standard InChI is InChI=1S/C15H16ClNO/c1-11-2-7-14(16)8-15(11)17-9-12-3-5-13(10-18)6-4-12/h2-8,17-18H,9-10H2,1H3. The van der Waals surface area contributed by atoms with Gasteiger partial charge < -0.3 is 10.4 Å². The smallest absolute Gasteiger partial charge is 0.0681 e. The van der Waals surface area contributed by atoms with Crippen molar-refractivity contribution >= 4 is 17.3 Å². The summed E-state index contributed by atoms with van der Waals surface area (Å²) in [6, 6.07) is 13.7. The molecular formula is C15H16ClNO. The van der Waals surface area contributed by atoms with Gasteiger partial charge in [0.25, 0.3) is 0 Å². The van der Waals surface area contributed by atoms with Crippen LogP contribution in [-0.4, -0.2) is 5.11 Å². The molecule has 0 aliphatic rings. The first-order valence-electron chi connectivity index (χ1n) is 5.88. The van der Waals surface area contributed by atoms with Crippen molar-refractivity contribution in [1.29, 1.82) is 0 Å². The SMILES string of the molecule is Cc1ccc(Cl)cc1NCc1ccc(CO)cc1. The lowest BCUT2D eigenvalue weighted by atomic mass is 10.1. The molecule has 18 heavy (non-hydrogen) atoms. The maximum absolute atomic E-state index is 8.97. The minimum Gasteiger partial charge on any atom is -0.392 e. The zero-order chi connectivity index (χ0) is 13.0. The normalized spacial score (nSPS) is 10.4. The molecule has 0 saturated carbocycles. The number of benzene rings is 2. The van der Waals surface area contributed by atoms with Gasteiger partial charge in [0.2, 0.25) is 0 Å². The first kappa shape index (κ1) is 12.9. The maximum Gasteiger partial charge on any atom is 0.0681 e. The monoisotopic (exact) mass is 261 g/mol. The van der Waals surface area contributed by atoms with E-state index in [-0.39, 0.29) is 6.61 Å². The predicted molar refractivity (Wildman–Crippen MR) is 75.9 cm³/mol. The van der Waals surface area contributed by atoms with Gasteiger partial charge in [0.05, 0.1) is 6.61 Å². The van der Waals surface area contributed by atoms with Crippen LogP contribution in [0.4, 0.5) is 5.69 Å². The molecule has 0 atom stereocenters. The Labute approximate surface area is 112 Å². The van der Waals surface area contributed by atoms with Gasteiger partial charge in [-0.05, 0) is 35.7 Å². The molecule has 0 heterocycles. The molecule has 0 aromatic heterocycles.